The van der Waals surface area contributed by atoms with Crippen molar-refractivity contribution in [3.8, 4) is 5.75 Å². The standard InChI is InChI=1S/C29H20BrCl2N3O4S2/c1-14-9-18-10-16(6-8-22(18)39-14)25(36)23-24(15-3-2-4-19(30)11-15)35(27(38)26(23)37)28-33-34-29(41-28)40-13-17-5-7-20(31)12-21(17)32/h2-8,10-12,14,24,36H,9,13H2,1H3/b25-23+. The van der Waals surface area contributed by atoms with Crippen LogP contribution in [0.15, 0.2) is 75.0 Å². The van der Waals surface area contributed by atoms with E-state index in [4.69, 9.17) is 27.9 Å². The smallest absolute Gasteiger partial charge is 0.301 e. The van der Waals surface area contributed by atoms with Crippen molar-refractivity contribution in [1.82, 2.24) is 10.2 Å². The Kier molecular flexibility index (Phi) is 7.86. The normalized spacial score (nSPS) is 19.5. The molecule has 12 heteroatoms. The molecule has 3 aromatic carbocycles. The van der Waals surface area contributed by atoms with Crippen LogP contribution < -0.4 is 9.64 Å². The molecule has 1 fully saturated rings. The molecular weight excluding hydrogens is 669 g/mol. The van der Waals surface area contributed by atoms with E-state index in [0.29, 0.717) is 37.7 Å². The summed E-state index contributed by atoms with van der Waals surface area (Å²) in [4.78, 5) is 28.3. The third kappa shape index (κ3) is 5.51. The van der Waals surface area contributed by atoms with Crippen molar-refractivity contribution < 1.29 is 19.4 Å². The first kappa shape index (κ1) is 28.2. The molecule has 0 bridgehead atoms. The van der Waals surface area contributed by atoms with Crippen LogP contribution in [0.25, 0.3) is 5.76 Å². The summed E-state index contributed by atoms with van der Waals surface area (Å²) in [5.74, 6) is -0.580. The van der Waals surface area contributed by atoms with Gasteiger partial charge in [0.1, 0.15) is 17.6 Å². The maximum absolute atomic E-state index is 13.5. The number of fused-ring (bicyclic) bond motifs is 1. The van der Waals surface area contributed by atoms with Gasteiger partial charge >= 0.3 is 5.91 Å². The zero-order valence-electron chi connectivity index (χ0n) is 21.3. The van der Waals surface area contributed by atoms with E-state index in [9.17, 15) is 14.7 Å². The summed E-state index contributed by atoms with van der Waals surface area (Å²) in [5, 5.41) is 21.4. The van der Waals surface area contributed by atoms with Crippen LogP contribution in [0.4, 0.5) is 5.13 Å². The van der Waals surface area contributed by atoms with Gasteiger partial charge in [-0.25, -0.2) is 0 Å². The first-order valence-electron chi connectivity index (χ1n) is 12.5. The molecule has 1 saturated heterocycles. The summed E-state index contributed by atoms with van der Waals surface area (Å²) < 4.78 is 7.14. The van der Waals surface area contributed by atoms with Gasteiger partial charge in [-0.1, -0.05) is 80.4 Å². The molecule has 6 rings (SSSR count). The number of ketones is 1. The zero-order valence-corrected chi connectivity index (χ0v) is 26.0. The molecule has 1 N–H and O–H groups in total. The molecule has 0 radical (unpaired) electrons. The minimum Gasteiger partial charge on any atom is -0.507 e. The summed E-state index contributed by atoms with van der Waals surface area (Å²) in [6.07, 6.45) is 0.710. The van der Waals surface area contributed by atoms with Crippen molar-refractivity contribution in [3.05, 3.63) is 103 Å². The maximum atomic E-state index is 13.5. The van der Waals surface area contributed by atoms with E-state index in [0.717, 1.165) is 21.3 Å². The second-order valence-corrected chi connectivity index (χ2v) is 13.5. The number of ether oxygens (including phenoxy) is 1. The van der Waals surface area contributed by atoms with Crippen molar-refractivity contribution in [3.63, 3.8) is 0 Å². The fourth-order valence-corrected chi connectivity index (χ4v) is 7.73. The first-order chi connectivity index (χ1) is 19.7. The molecule has 7 nitrogen and oxygen atoms in total. The topological polar surface area (TPSA) is 92.6 Å². The molecular formula is C29H20BrCl2N3O4S2. The number of halogens is 3. The van der Waals surface area contributed by atoms with Gasteiger partial charge in [0, 0.05) is 32.3 Å². The third-order valence-corrected chi connectivity index (χ3v) is 9.93. The Morgan fingerprint density at radius 2 is 1.98 bits per heavy atom. The minimum atomic E-state index is -0.910. The van der Waals surface area contributed by atoms with Gasteiger partial charge in [-0.15, -0.1) is 10.2 Å². The molecule has 2 aliphatic rings. The average molecular weight is 689 g/mol. The summed E-state index contributed by atoms with van der Waals surface area (Å²) >= 11 is 18.4. The number of hydrogen-bond acceptors (Lipinski definition) is 8. The van der Waals surface area contributed by atoms with Gasteiger partial charge in [-0.2, -0.15) is 0 Å². The lowest BCUT2D eigenvalue weighted by Crippen LogP contribution is -2.29. The highest BCUT2D eigenvalue weighted by atomic mass is 79.9. The number of benzene rings is 3. The van der Waals surface area contributed by atoms with Crippen LogP contribution in [0.3, 0.4) is 0 Å². The largest absolute Gasteiger partial charge is 0.507 e. The Morgan fingerprint density at radius 1 is 1.15 bits per heavy atom. The molecule has 0 spiro atoms. The molecule has 2 atom stereocenters. The number of aliphatic hydroxyl groups excluding tert-OH is 1. The summed E-state index contributed by atoms with van der Waals surface area (Å²) in [6, 6.07) is 16.9. The van der Waals surface area contributed by atoms with Crippen LogP contribution in [0.2, 0.25) is 10.0 Å². The number of amides is 1. The average Bonchev–Trinajstić information content (AvgIpc) is 3.62. The molecule has 1 amide bonds. The van der Waals surface area contributed by atoms with Crippen LogP contribution >= 0.6 is 62.2 Å². The SMILES string of the molecule is CC1Cc2cc(/C(O)=C3\C(=O)C(=O)N(c4nnc(SCc5ccc(Cl)cc5Cl)s4)C3c3cccc(Br)c3)ccc2O1. The van der Waals surface area contributed by atoms with Crippen molar-refractivity contribution in [2.24, 2.45) is 0 Å². The van der Waals surface area contributed by atoms with Gasteiger partial charge in [0.25, 0.3) is 5.78 Å². The zero-order chi connectivity index (χ0) is 28.8. The van der Waals surface area contributed by atoms with Crippen LogP contribution in [0, 0.1) is 0 Å². The fourth-order valence-electron chi connectivity index (χ4n) is 4.88. The predicted molar refractivity (Wildman–Crippen MR) is 165 cm³/mol. The van der Waals surface area contributed by atoms with E-state index in [-0.39, 0.29) is 22.6 Å². The van der Waals surface area contributed by atoms with Crippen LogP contribution in [-0.4, -0.2) is 33.1 Å². The maximum Gasteiger partial charge on any atom is 0.301 e. The number of Topliss-reactive ketones (excluding diaryl/α,β-unsaturated/α-hetero) is 1. The van der Waals surface area contributed by atoms with Gasteiger partial charge in [-0.3, -0.25) is 14.5 Å². The number of aliphatic hydroxyl groups is 1. The molecule has 2 aliphatic heterocycles. The minimum absolute atomic E-state index is 0.0163. The van der Waals surface area contributed by atoms with E-state index in [1.807, 2.05) is 31.2 Å². The molecule has 1 aromatic heterocycles. The quantitative estimate of drug-likeness (QED) is 0.0725. The highest BCUT2D eigenvalue weighted by Gasteiger charge is 2.48. The van der Waals surface area contributed by atoms with Crippen molar-refractivity contribution in [2.75, 3.05) is 4.90 Å². The van der Waals surface area contributed by atoms with Gasteiger partial charge < -0.3 is 9.84 Å². The fraction of sp³-hybridized carbons (Fsp3) is 0.172. The second-order valence-electron chi connectivity index (χ2n) is 9.55. The number of carbonyl (C=O) groups is 2. The predicted octanol–water partition coefficient (Wildman–Crippen LogP) is 7.85. The van der Waals surface area contributed by atoms with Crippen molar-refractivity contribution in [1.29, 1.82) is 0 Å². The Morgan fingerprint density at radius 3 is 2.76 bits per heavy atom. The molecule has 2 unspecified atom stereocenters. The number of thioether (sulfide) groups is 1. The number of aromatic nitrogens is 2. The van der Waals surface area contributed by atoms with Gasteiger partial charge in [0.05, 0.1) is 11.6 Å². The van der Waals surface area contributed by atoms with E-state index < -0.39 is 17.7 Å². The number of nitrogens with zero attached hydrogens (tertiary/aromatic N) is 3. The van der Waals surface area contributed by atoms with E-state index in [1.165, 1.54) is 28.0 Å². The molecule has 41 heavy (non-hydrogen) atoms. The second kappa shape index (κ2) is 11.4. The monoisotopic (exact) mass is 687 g/mol. The number of anilines is 1. The van der Waals surface area contributed by atoms with Gasteiger partial charge in [0.2, 0.25) is 5.13 Å². The summed E-state index contributed by atoms with van der Waals surface area (Å²) in [5.41, 5.74) is 2.86. The molecule has 4 aromatic rings. The Labute approximate surface area is 262 Å². The lowest BCUT2D eigenvalue weighted by atomic mass is 9.94. The Balaban J connectivity index is 1.38. The summed E-state index contributed by atoms with van der Waals surface area (Å²) in [7, 11) is 0. The van der Waals surface area contributed by atoms with E-state index in [1.54, 1.807) is 36.4 Å². The molecule has 3 heterocycles. The number of rotatable bonds is 6. The van der Waals surface area contributed by atoms with E-state index >= 15 is 0 Å². The third-order valence-electron chi connectivity index (χ3n) is 6.75. The molecule has 0 saturated carbocycles. The lowest BCUT2D eigenvalue weighted by molar-refractivity contribution is -0.132. The van der Waals surface area contributed by atoms with Crippen LogP contribution in [0.5, 0.6) is 5.75 Å². The van der Waals surface area contributed by atoms with Gasteiger partial charge in [0.15, 0.2) is 4.34 Å². The van der Waals surface area contributed by atoms with E-state index in [2.05, 4.69) is 26.1 Å². The molecule has 208 valence electrons. The van der Waals surface area contributed by atoms with Crippen molar-refractivity contribution in [2.45, 2.75) is 35.6 Å². The highest BCUT2D eigenvalue weighted by Crippen LogP contribution is 2.45. The highest BCUT2D eigenvalue weighted by molar-refractivity contribution is 9.10. The van der Waals surface area contributed by atoms with Gasteiger partial charge in [-0.05, 0) is 66.1 Å². The lowest BCUT2D eigenvalue weighted by Gasteiger charge is -2.22. The van der Waals surface area contributed by atoms with Crippen LogP contribution in [0.1, 0.15) is 35.2 Å². The Hall–Kier alpha value is -2.89. The summed E-state index contributed by atoms with van der Waals surface area (Å²) in [6.45, 7) is 1.97. The molecule has 0 aliphatic carbocycles. The first-order valence-corrected chi connectivity index (χ1v) is 15.8. The van der Waals surface area contributed by atoms with Crippen molar-refractivity contribution >= 4 is 84.8 Å². The Bertz CT molecular complexity index is 1740. The number of hydrogen-bond donors (Lipinski definition) is 1. The van der Waals surface area contributed by atoms with Crippen LogP contribution in [-0.2, 0) is 21.8 Å². The number of carbonyl (C=O) groups excluding carboxylic acids is 2.